The van der Waals surface area contributed by atoms with E-state index in [1.54, 1.807) is 0 Å². The third-order valence-corrected chi connectivity index (χ3v) is 0. The monoisotopic (exact) mass is 248 g/mol. The summed E-state index contributed by atoms with van der Waals surface area (Å²) in [7, 11) is 0. The molecule has 0 saturated carbocycles. The van der Waals surface area contributed by atoms with Crippen LogP contribution in [0.4, 0.5) is 10.6 Å². The van der Waals surface area contributed by atoms with Crippen LogP contribution in [0.1, 0.15) is 0 Å². The quantitative estimate of drug-likeness (QED) is 0.337. The molecule has 0 radical (unpaired) electrons. The van der Waals surface area contributed by atoms with Crippen LogP contribution in [0.2, 0.25) is 0 Å². The third-order valence-electron chi connectivity index (χ3n) is 0. The number of rotatable bonds is 0. The Morgan fingerprint density at radius 1 is 0.846 bits per heavy atom. The smallest absolute Gasteiger partial charge is 0.356 e. The zero-order valence-electron chi connectivity index (χ0n) is 5.76. The third kappa shape index (κ3) is 3770000. The van der Waals surface area contributed by atoms with Gasteiger partial charge in [-0.05, 0) is 0 Å². The molecule has 0 fully saturated rings. The van der Waals surface area contributed by atoms with E-state index in [9.17, 15) is 10.6 Å². The minimum Gasteiger partial charge on any atom is -0.356 e. The maximum absolute atomic E-state index is 9.81. The average Bonchev–Trinajstić information content (AvgIpc) is 1.54. The van der Waals surface area contributed by atoms with Crippen molar-refractivity contribution in [3.63, 3.8) is 0 Å². The zero-order valence-corrected chi connectivity index (χ0v) is 9.13. The van der Waals surface area contributed by atoms with Crippen molar-refractivity contribution in [2.75, 3.05) is 0 Å². The Morgan fingerprint density at radius 2 is 0.846 bits per heavy atom. The van der Waals surface area contributed by atoms with Gasteiger partial charge >= 0.3 is 53.3 Å². The van der Waals surface area contributed by atoms with Crippen LogP contribution >= 0.6 is 0 Å². The van der Waals surface area contributed by atoms with Crippen LogP contribution in [0, 0.1) is 30.6 Å². The second kappa shape index (κ2) is 17.9. The molecule has 0 atom stereocenters. The molecule has 0 aromatic carbocycles. The first-order chi connectivity index (χ1) is 5.20. The molecular weight excluding hydrogens is 248 g/mol. The maximum atomic E-state index is 9.81. The average molecular weight is 248 g/mol. The Hall–Kier alpha value is -0.0178. The largest absolute Gasteiger partial charge is 2.00 e. The van der Waals surface area contributed by atoms with E-state index in [0.29, 0.717) is 0 Å². The second-order valence-corrected chi connectivity index (χ2v) is 1.19. The predicted molar refractivity (Wildman–Crippen MR) is 35.6 cm³/mol. The van der Waals surface area contributed by atoms with Gasteiger partial charge in [0.05, 0.1) is 10.2 Å². The second-order valence-electron chi connectivity index (χ2n) is 0.695. The first kappa shape index (κ1) is 23.1. The van der Waals surface area contributed by atoms with Crippen LogP contribution in [0.25, 0.3) is 0 Å². The van der Waals surface area contributed by atoms with E-state index >= 15 is 0 Å². The van der Waals surface area contributed by atoms with E-state index in [2.05, 4.69) is 0 Å². The molecule has 0 N–H and O–H groups in total. The van der Waals surface area contributed by atoms with E-state index in [0.717, 1.165) is 0 Å². The van der Waals surface area contributed by atoms with Crippen molar-refractivity contribution >= 4 is 53.3 Å². The SMILES string of the molecule is O=[N+]([O-])[O-].O=[N+]([O-])[O-].[Ca+2].[F][Al]([F])[F]. The number of nitrogens with zero attached hydrogens (tertiary/aromatic N) is 2. The van der Waals surface area contributed by atoms with Crippen LogP contribution in [0.5, 0.6) is 0 Å². The Kier molecular flexibility index (Phi) is 31.8. The topological polar surface area (TPSA) is 132 Å². The van der Waals surface area contributed by atoms with Gasteiger partial charge in [0, 0.05) is 0 Å². The molecule has 13 heavy (non-hydrogen) atoms. The fourth-order valence-electron chi connectivity index (χ4n) is 0. The van der Waals surface area contributed by atoms with Crippen molar-refractivity contribution in [2.24, 2.45) is 0 Å². The van der Waals surface area contributed by atoms with E-state index in [-0.39, 0.29) is 37.7 Å². The van der Waals surface area contributed by atoms with Gasteiger partial charge in [0.2, 0.25) is 0 Å². The number of hydrogen-bond acceptors (Lipinski definition) is 6. The molecule has 0 amide bonds. The molecule has 8 nitrogen and oxygen atoms in total. The minimum absolute atomic E-state index is 0. The Bertz CT molecular complexity index is 110. The van der Waals surface area contributed by atoms with Gasteiger partial charge in [0.1, 0.15) is 0 Å². The van der Waals surface area contributed by atoms with Crippen LogP contribution < -0.4 is 0 Å². The van der Waals surface area contributed by atoms with Crippen LogP contribution in [-0.4, -0.2) is 63.4 Å². The molecule has 0 heterocycles. The summed E-state index contributed by atoms with van der Waals surface area (Å²) in [6.07, 6.45) is 0. The molecule has 0 aromatic heterocycles. The summed E-state index contributed by atoms with van der Waals surface area (Å²) in [5.41, 5.74) is 0. The predicted octanol–water partition coefficient (Wildman–Crippen LogP) is 0.0208. The summed E-state index contributed by atoms with van der Waals surface area (Å²) in [6, 6.07) is 0. The first-order valence-corrected chi connectivity index (χ1v) is 3.06. The van der Waals surface area contributed by atoms with E-state index in [4.69, 9.17) is 30.6 Å². The molecular formula is AlCaF3N2O6. The summed E-state index contributed by atoms with van der Waals surface area (Å²) in [4.78, 5) is 16.5. The summed E-state index contributed by atoms with van der Waals surface area (Å²) >= 11 is -4.64. The molecule has 13 heteroatoms. The Labute approximate surface area is 104 Å². The van der Waals surface area contributed by atoms with Gasteiger partial charge in [-0.1, -0.05) is 0 Å². The van der Waals surface area contributed by atoms with Gasteiger partial charge in [0.25, 0.3) is 0 Å². The summed E-state index contributed by atoms with van der Waals surface area (Å²) < 4.78 is 29.4. The first-order valence-electron chi connectivity index (χ1n) is 1.75. The van der Waals surface area contributed by atoms with Gasteiger partial charge in [-0.25, -0.2) is 0 Å². The fourth-order valence-corrected chi connectivity index (χ4v) is 0. The Morgan fingerprint density at radius 3 is 0.846 bits per heavy atom. The van der Waals surface area contributed by atoms with Gasteiger partial charge in [-0.3, -0.25) is 0 Å². The number of halogens is 3. The molecule has 0 spiro atoms. The number of hydrogen-bond donors (Lipinski definition) is 0. The van der Waals surface area contributed by atoms with E-state index in [1.807, 2.05) is 0 Å². The van der Waals surface area contributed by atoms with E-state index in [1.165, 1.54) is 0 Å². The molecule has 0 saturated heterocycles. The zero-order chi connectivity index (χ0) is 10.7. The van der Waals surface area contributed by atoms with E-state index < -0.39 is 25.7 Å². The molecule has 72 valence electrons. The molecule has 0 aliphatic carbocycles. The molecule has 0 unspecified atom stereocenters. The molecule has 0 aliphatic heterocycles. The maximum Gasteiger partial charge on any atom is 2.00 e. The molecule has 0 bridgehead atoms. The van der Waals surface area contributed by atoms with Crippen LogP contribution in [0.3, 0.4) is 0 Å². The molecule has 0 aromatic rings. The molecule has 0 rings (SSSR count). The normalized spacial score (nSPS) is 5.77. The van der Waals surface area contributed by atoms with Gasteiger partial charge < -0.3 is 41.2 Å². The Balaban J connectivity index is -0.0000000450. The summed E-state index contributed by atoms with van der Waals surface area (Å²) in [6.45, 7) is 0. The van der Waals surface area contributed by atoms with Gasteiger partial charge in [-0.2, -0.15) is 0 Å². The van der Waals surface area contributed by atoms with Crippen LogP contribution in [-0.2, 0) is 0 Å². The van der Waals surface area contributed by atoms with Crippen molar-refractivity contribution in [3.8, 4) is 0 Å². The minimum atomic E-state index is -4.64. The summed E-state index contributed by atoms with van der Waals surface area (Å²) in [5, 5.41) is 29.5. The van der Waals surface area contributed by atoms with Gasteiger partial charge in [0.15, 0.2) is 0 Å². The van der Waals surface area contributed by atoms with Crippen molar-refractivity contribution in [3.05, 3.63) is 30.6 Å². The van der Waals surface area contributed by atoms with Crippen molar-refractivity contribution in [1.82, 2.24) is 0 Å². The van der Waals surface area contributed by atoms with Crippen LogP contribution in [0.15, 0.2) is 0 Å². The van der Waals surface area contributed by atoms with Crippen molar-refractivity contribution in [2.45, 2.75) is 0 Å². The van der Waals surface area contributed by atoms with Crippen molar-refractivity contribution in [1.29, 1.82) is 0 Å². The van der Waals surface area contributed by atoms with Crippen molar-refractivity contribution < 1.29 is 20.7 Å². The van der Waals surface area contributed by atoms with Gasteiger partial charge in [-0.15, -0.1) is 0 Å². The standard InChI is InChI=1S/Al.Ca.3FH.2NO3/c;;;;;2*2-1(3)4/h;;3*1H;;/q+3;+2;;;;2*-1/p-3. The summed E-state index contributed by atoms with van der Waals surface area (Å²) in [5.74, 6) is 0. The molecule has 0 aliphatic rings. The fraction of sp³-hybridized carbons (Fsp3) is 0.